The van der Waals surface area contributed by atoms with Crippen LogP contribution in [0.4, 0.5) is 10.5 Å². The molecule has 3 fully saturated rings. The minimum absolute atomic E-state index is 0.0323. The Morgan fingerprint density at radius 3 is 2.59 bits per heavy atom. The standard InChI is InChI=1S/C50H63N5O8/c1-7-31-22-33-25-49(45(57)61-6,41-35(16-20-54(26-31)27-33)34-12-9-10-13-38(34)52-41)37-23-36-39(24-40(37)60-5)53(4)43-48(36)18-21-55-19-11-17-47(8-2,42(48)55)44(63-30(3)56)50(43,59)29-51-46(58)62-28-32-14-15-32/h9-13,17,22-24,32-33,42-44,52,59H,7-8,14-16,18-21,25-29H2,1-6H3,(H,51,58)/t33-,42-,43+,44+,47+,48+,49-,50?/m0/s1. The number of anilines is 1. The number of rotatable bonds is 10. The van der Waals surface area contributed by atoms with Crippen molar-refractivity contribution in [2.24, 2.45) is 17.3 Å². The molecule has 336 valence electrons. The maximum Gasteiger partial charge on any atom is 0.407 e. The maximum atomic E-state index is 15.4. The fourth-order valence-corrected chi connectivity index (χ4v) is 13.7. The van der Waals surface area contributed by atoms with Crippen molar-refractivity contribution in [3.8, 4) is 5.75 Å². The Morgan fingerprint density at radius 1 is 1.05 bits per heavy atom. The minimum atomic E-state index is -1.80. The Bertz CT molecular complexity index is 2410. The number of aromatic nitrogens is 1. The Labute approximate surface area is 370 Å². The van der Waals surface area contributed by atoms with E-state index in [0.29, 0.717) is 44.1 Å². The van der Waals surface area contributed by atoms with Gasteiger partial charge >= 0.3 is 18.0 Å². The molecule has 2 unspecified atom stereocenters. The van der Waals surface area contributed by atoms with Crippen molar-refractivity contribution in [3.05, 3.63) is 82.6 Å². The highest BCUT2D eigenvalue weighted by Crippen LogP contribution is 2.68. The topological polar surface area (TPSA) is 146 Å². The van der Waals surface area contributed by atoms with E-state index in [1.54, 1.807) is 7.11 Å². The Balaban J connectivity index is 1.22. The zero-order chi connectivity index (χ0) is 44.1. The molecular formula is C50H63N5O8. The van der Waals surface area contributed by atoms with Crippen molar-refractivity contribution >= 4 is 34.6 Å². The Hall–Kier alpha value is -4.85. The van der Waals surface area contributed by atoms with E-state index < -0.39 is 46.1 Å². The number of nitrogens with one attached hydrogen (secondary N) is 2. The highest BCUT2D eigenvalue weighted by Gasteiger charge is 2.78. The van der Waals surface area contributed by atoms with Crippen molar-refractivity contribution < 1.29 is 38.4 Å². The summed E-state index contributed by atoms with van der Waals surface area (Å²) in [5.74, 6) is 0.0737. The molecule has 6 heterocycles. The maximum absolute atomic E-state index is 15.4. The lowest BCUT2D eigenvalue weighted by Crippen LogP contribution is -2.81. The quantitative estimate of drug-likeness (QED) is 0.130. The molecule has 0 radical (unpaired) electrons. The number of likely N-dealkylation sites (N-methyl/N-ethyl adjacent to an activating group) is 1. The van der Waals surface area contributed by atoms with E-state index in [2.05, 4.69) is 81.3 Å². The number of hydrogen-bond donors (Lipinski definition) is 3. The number of carbonyl (C=O) groups excluding carboxylic acids is 3. The molecule has 2 saturated carbocycles. The molecule has 63 heavy (non-hydrogen) atoms. The van der Waals surface area contributed by atoms with Gasteiger partial charge in [-0.3, -0.25) is 19.4 Å². The summed E-state index contributed by atoms with van der Waals surface area (Å²) in [7, 11) is 5.13. The predicted octanol–water partition coefficient (Wildman–Crippen LogP) is 5.76. The van der Waals surface area contributed by atoms with Gasteiger partial charge in [0, 0.05) is 90.9 Å². The number of aromatic amines is 1. The van der Waals surface area contributed by atoms with Crippen LogP contribution in [0.15, 0.2) is 60.2 Å². The van der Waals surface area contributed by atoms with Crippen LogP contribution in [0.2, 0.25) is 0 Å². The molecule has 2 aromatic carbocycles. The van der Waals surface area contributed by atoms with Crippen LogP contribution in [0.1, 0.15) is 81.7 Å². The molecule has 13 nitrogen and oxygen atoms in total. The summed E-state index contributed by atoms with van der Waals surface area (Å²) in [6.45, 7) is 9.82. The van der Waals surface area contributed by atoms with Crippen LogP contribution in [0.3, 0.4) is 0 Å². The zero-order valence-corrected chi connectivity index (χ0v) is 37.6. The molecule has 3 N–H and O–H groups in total. The van der Waals surface area contributed by atoms with Crippen LogP contribution in [-0.2, 0) is 41.1 Å². The van der Waals surface area contributed by atoms with Crippen LogP contribution in [0.5, 0.6) is 5.75 Å². The van der Waals surface area contributed by atoms with E-state index in [4.69, 9.17) is 18.9 Å². The molecule has 1 spiro atoms. The SMILES string of the molecule is CCC1=C[C@@H]2CN(CCc3c([nH]c4ccccc34)[C@@](C(=O)OC)(c3cc4c(cc3OC)N(C)[C@H]3C(O)(CNC(=O)OCC5CC5)[C@H](OC(C)=O)[C@]5(CC)C=CCN6CC[C@]43[C@@H]65)C2)C1. The van der Waals surface area contributed by atoms with E-state index in [0.717, 1.165) is 90.8 Å². The summed E-state index contributed by atoms with van der Waals surface area (Å²) in [6, 6.07) is 11.7. The van der Waals surface area contributed by atoms with Crippen LogP contribution in [0.25, 0.3) is 10.9 Å². The van der Waals surface area contributed by atoms with Crippen LogP contribution < -0.4 is 15.0 Å². The van der Waals surface area contributed by atoms with Gasteiger partial charge < -0.3 is 39.3 Å². The number of aliphatic hydroxyl groups is 1. The zero-order valence-electron chi connectivity index (χ0n) is 37.6. The summed E-state index contributed by atoms with van der Waals surface area (Å²) in [6.07, 6.45) is 10.5. The predicted molar refractivity (Wildman–Crippen MR) is 239 cm³/mol. The first-order valence-electron chi connectivity index (χ1n) is 23.2. The second kappa shape index (κ2) is 15.4. The van der Waals surface area contributed by atoms with E-state index in [9.17, 15) is 14.7 Å². The molecule has 2 bridgehead atoms. The van der Waals surface area contributed by atoms with Crippen molar-refractivity contribution in [3.63, 3.8) is 0 Å². The van der Waals surface area contributed by atoms with Gasteiger partial charge in [-0.1, -0.05) is 55.8 Å². The average Bonchev–Trinajstić information content (AvgIpc) is 3.85. The van der Waals surface area contributed by atoms with E-state index >= 15 is 4.79 Å². The van der Waals surface area contributed by atoms with Crippen molar-refractivity contribution in [2.75, 3.05) is 72.0 Å². The molecule has 1 aromatic heterocycles. The smallest absolute Gasteiger partial charge is 0.407 e. The summed E-state index contributed by atoms with van der Waals surface area (Å²) in [4.78, 5) is 53.0. The van der Waals surface area contributed by atoms with E-state index in [1.165, 1.54) is 19.6 Å². The largest absolute Gasteiger partial charge is 0.496 e. The first-order valence-corrected chi connectivity index (χ1v) is 23.2. The van der Waals surface area contributed by atoms with Gasteiger partial charge in [0.25, 0.3) is 0 Å². The van der Waals surface area contributed by atoms with Crippen LogP contribution in [-0.4, -0.2) is 129 Å². The molecule has 5 aliphatic heterocycles. The van der Waals surface area contributed by atoms with Gasteiger partial charge in [-0.25, -0.2) is 4.79 Å². The first-order chi connectivity index (χ1) is 30.4. The number of H-pyrrole nitrogens is 1. The molecule has 3 aromatic rings. The highest BCUT2D eigenvalue weighted by molar-refractivity contribution is 5.94. The fraction of sp³-hybridized carbons (Fsp3) is 0.580. The lowest BCUT2D eigenvalue weighted by Gasteiger charge is -2.64. The lowest BCUT2D eigenvalue weighted by atomic mass is 9.47. The number of methoxy groups -OCH3 is 2. The van der Waals surface area contributed by atoms with Gasteiger partial charge in [-0.15, -0.1) is 0 Å². The van der Waals surface area contributed by atoms with Crippen molar-refractivity contribution in [2.45, 2.75) is 100 Å². The highest BCUT2D eigenvalue weighted by atomic mass is 16.6. The van der Waals surface area contributed by atoms with Gasteiger partial charge in [0.2, 0.25) is 0 Å². The van der Waals surface area contributed by atoms with E-state index in [1.807, 2.05) is 19.2 Å². The molecule has 2 aliphatic carbocycles. The molecule has 13 heteroatoms. The third kappa shape index (κ3) is 6.15. The summed E-state index contributed by atoms with van der Waals surface area (Å²) >= 11 is 0. The lowest BCUT2D eigenvalue weighted by molar-refractivity contribution is -0.217. The third-order valence-electron chi connectivity index (χ3n) is 16.3. The third-order valence-corrected chi connectivity index (χ3v) is 16.3. The number of esters is 2. The number of fused-ring (bicyclic) bond motifs is 6. The van der Waals surface area contributed by atoms with Crippen molar-refractivity contribution in [1.82, 2.24) is 20.1 Å². The Morgan fingerprint density at radius 2 is 1.86 bits per heavy atom. The normalized spacial score (nSPS) is 34.0. The van der Waals surface area contributed by atoms with E-state index in [-0.39, 0.29) is 24.5 Å². The number of carbonyl (C=O) groups is 3. The van der Waals surface area contributed by atoms with Gasteiger partial charge in [0.1, 0.15) is 22.9 Å². The fourth-order valence-electron chi connectivity index (χ4n) is 13.7. The number of amides is 1. The van der Waals surface area contributed by atoms with Gasteiger partial charge in [0.15, 0.2) is 0 Å². The first kappa shape index (κ1) is 42.1. The van der Waals surface area contributed by atoms with Gasteiger partial charge in [0.05, 0.1) is 33.4 Å². The molecular weight excluding hydrogens is 799 g/mol. The average molecular weight is 862 g/mol. The minimum Gasteiger partial charge on any atom is -0.496 e. The summed E-state index contributed by atoms with van der Waals surface area (Å²) < 4.78 is 24.5. The number of para-hydroxylation sites is 1. The Kier molecular flexibility index (Phi) is 10.3. The van der Waals surface area contributed by atoms with Crippen molar-refractivity contribution in [1.29, 1.82) is 0 Å². The number of hydrogen-bond acceptors (Lipinski definition) is 11. The molecule has 1 amide bonds. The second-order valence-corrected chi connectivity index (χ2v) is 19.6. The molecule has 7 aliphatic rings. The summed E-state index contributed by atoms with van der Waals surface area (Å²) in [5.41, 5.74) is 2.11. The number of nitrogens with zero attached hydrogens (tertiary/aromatic N) is 3. The number of alkyl carbamates (subject to hydrolysis) is 1. The molecule has 10 rings (SSSR count). The number of benzene rings is 2. The van der Waals surface area contributed by atoms with Crippen LogP contribution >= 0.6 is 0 Å². The monoisotopic (exact) mass is 861 g/mol. The molecule has 1 saturated heterocycles. The van der Waals surface area contributed by atoms with Gasteiger partial charge in [-0.2, -0.15) is 0 Å². The summed E-state index contributed by atoms with van der Waals surface area (Å²) in [5, 5.41) is 17.8. The van der Waals surface area contributed by atoms with Crippen LogP contribution in [0, 0.1) is 17.3 Å². The van der Waals surface area contributed by atoms with Gasteiger partial charge in [-0.05, 0) is 86.6 Å². The molecule has 9 atom stereocenters. The number of ether oxygens (including phenoxy) is 4. The second-order valence-electron chi connectivity index (χ2n) is 19.6.